The number of hydrogen-bond donors (Lipinski definition) is 1. The zero-order valence-corrected chi connectivity index (χ0v) is 10.9. The van der Waals surface area contributed by atoms with Crippen LogP contribution in [0.4, 0.5) is 5.13 Å². The molecule has 0 aliphatic rings. The van der Waals surface area contributed by atoms with Gasteiger partial charge in [0.1, 0.15) is 5.82 Å². The monoisotopic (exact) mass is 227 g/mol. The van der Waals surface area contributed by atoms with E-state index < -0.39 is 0 Å². The van der Waals surface area contributed by atoms with Gasteiger partial charge in [-0.15, -0.1) is 0 Å². The first-order valence-corrected chi connectivity index (χ1v) is 6.53. The van der Waals surface area contributed by atoms with Gasteiger partial charge in [-0.2, -0.15) is 4.37 Å². The molecule has 0 amide bonds. The Hall–Kier alpha value is -0.640. The summed E-state index contributed by atoms with van der Waals surface area (Å²) in [6.07, 6.45) is 3.28. The van der Waals surface area contributed by atoms with Gasteiger partial charge in [-0.1, -0.05) is 27.2 Å². The second-order valence-corrected chi connectivity index (χ2v) is 4.84. The largest absolute Gasteiger partial charge is 0.358 e. The van der Waals surface area contributed by atoms with E-state index in [2.05, 4.69) is 42.4 Å². The molecule has 0 spiro atoms. The third-order valence-corrected chi connectivity index (χ3v) is 3.47. The van der Waals surface area contributed by atoms with Crippen LogP contribution in [0.1, 0.15) is 46.4 Å². The molecule has 0 aliphatic heterocycles. The molecule has 2 unspecified atom stereocenters. The van der Waals surface area contributed by atoms with E-state index in [4.69, 9.17) is 0 Å². The molecule has 0 radical (unpaired) electrons. The summed E-state index contributed by atoms with van der Waals surface area (Å²) in [7, 11) is 0. The third-order valence-electron chi connectivity index (χ3n) is 2.79. The van der Waals surface area contributed by atoms with Gasteiger partial charge in [0.05, 0.1) is 0 Å². The van der Waals surface area contributed by atoms with Crippen molar-refractivity contribution in [2.45, 2.75) is 53.0 Å². The number of aryl methyl sites for hydroxylation is 1. The Bertz CT molecular complexity index is 285. The minimum atomic E-state index is 0.470. The summed E-state index contributed by atoms with van der Waals surface area (Å²) < 4.78 is 4.31. The Morgan fingerprint density at radius 1 is 1.33 bits per heavy atom. The van der Waals surface area contributed by atoms with Crippen LogP contribution in [-0.2, 0) is 6.42 Å². The summed E-state index contributed by atoms with van der Waals surface area (Å²) in [6.45, 7) is 8.82. The molecule has 0 saturated heterocycles. The van der Waals surface area contributed by atoms with Crippen molar-refractivity contribution in [3.05, 3.63) is 5.82 Å². The predicted octanol–water partition coefficient (Wildman–Crippen LogP) is 3.34. The summed E-state index contributed by atoms with van der Waals surface area (Å²) in [5.41, 5.74) is 0. The van der Waals surface area contributed by atoms with Crippen LogP contribution in [0.15, 0.2) is 0 Å². The lowest BCUT2D eigenvalue weighted by Crippen LogP contribution is -2.23. The smallest absolute Gasteiger partial charge is 0.202 e. The highest BCUT2D eigenvalue weighted by Gasteiger charge is 2.12. The Labute approximate surface area is 96.5 Å². The second-order valence-electron chi connectivity index (χ2n) is 4.08. The molecule has 0 aliphatic carbocycles. The van der Waals surface area contributed by atoms with E-state index in [0.717, 1.165) is 23.8 Å². The fraction of sp³-hybridized carbons (Fsp3) is 0.818. The van der Waals surface area contributed by atoms with Crippen molar-refractivity contribution in [1.82, 2.24) is 9.36 Å². The fourth-order valence-corrected chi connectivity index (χ4v) is 2.04. The maximum Gasteiger partial charge on any atom is 0.202 e. The van der Waals surface area contributed by atoms with Gasteiger partial charge >= 0.3 is 0 Å². The van der Waals surface area contributed by atoms with Crippen LogP contribution in [0.3, 0.4) is 0 Å². The molecular formula is C11H21N3S. The summed E-state index contributed by atoms with van der Waals surface area (Å²) >= 11 is 1.47. The molecule has 1 aromatic heterocycles. The fourth-order valence-electron chi connectivity index (χ4n) is 1.33. The lowest BCUT2D eigenvalue weighted by Gasteiger charge is -2.18. The standard InChI is InChI=1S/C11H21N3S/c1-5-7-10-13-11(15-14-10)12-9(4)8(3)6-2/h8-9H,5-7H2,1-4H3,(H,12,13,14). The maximum atomic E-state index is 4.45. The van der Waals surface area contributed by atoms with Crippen molar-refractivity contribution >= 4 is 16.7 Å². The topological polar surface area (TPSA) is 37.8 Å². The zero-order valence-electron chi connectivity index (χ0n) is 10.1. The molecule has 0 aromatic carbocycles. The summed E-state index contributed by atoms with van der Waals surface area (Å²) in [4.78, 5) is 4.45. The van der Waals surface area contributed by atoms with Gasteiger partial charge < -0.3 is 5.32 Å². The van der Waals surface area contributed by atoms with E-state index in [-0.39, 0.29) is 0 Å². The number of aromatic nitrogens is 2. The molecule has 1 rings (SSSR count). The lowest BCUT2D eigenvalue weighted by molar-refractivity contribution is 0.494. The molecule has 1 N–H and O–H groups in total. The molecule has 4 heteroatoms. The molecule has 0 bridgehead atoms. The van der Waals surface area contributed by atoms with E-state index in [1.807, 2.05) is 0 Å². The third kappa shape index (κ3) is 3.78. The predicted molar refractivity (Wildman–Crippen MR) is 66.4 cm³/mol. The molecule has 0 fully saturated rings. The molecule has 15 heavy (non-hydrogen) atoms. The van der Waals surface area contributed by atoms with E-state index in [9.17, 15) is 0 Å². The van der Waals surface area contributed by atoms with Gasteiger partial charge in [0.25, 0.3) is 0 Å². The molecule has 1 aromatic rings. The quantitative estimate of drug-likeness (QED) is 0.810. The van der Waals surface area contributed by atoms with Gasteiger partial charge in [-0.25, -0.2) is 4.98 Å². The Morgan fingerprint density at radius 2 is 2.07 bits per heavy atom. The summed E-state index contributed by atoms with van der Waals surface area (Å²) in [6, 6.07) is 0.470. The normalized spacial score (nSPS) is 14.9. The first-order valence-electron chi connectivity index (χ1n) is 5.76. The van der Waals surface area contributed by atoms with Gasteiger partial charge in [-0.05, 0) is 19.3 Å². The van der Waals surface area contributed by atoms with Crippen molar-refractivity contribution in [1.29, 1.82) is 0 Å². The average Bonchev–Trinajstić information content (AvgIpc) is 2.65. The van der Waals surface area contributed by atoms with Gasteiger partial charge in [0.2, 0.25) is 5.13 Å². The van der Waals surface area contributed by atoms with Gasteiger partial charge in [-0.3, -0.25) is 0 Å². The highest BCUT2D eigenvalue weighted by atomic mass is 32.1. The summed E-state index contributed by atoms with van der Waals surface area (Å²) in [5.74, 6) is 1.64. The van der Waals surface area contributed by atoms with Crippen LogP contribution in [0.2, 0.25) is 0 Å². The van der Waals surface area contributed by atoms with E-state index in [1.165, 1.54) is 18.0 Å². The van der Waals surface area contributed by atoms with E-state index in [0.29, 0.717) is 12.0 Å². The number of anilines is 1. The molecule has 86 valence electrons. The lowest BCUT2D eigenvalue weighted by atomic mass is 10.0. The van der Waals surface area contributed by atoms with Crippen molar-refractivity contribution in [2.75, 3.05) is 5.32 Å². The van der Waals surface area contributed by atoms with Crippen LogP contribution in [-0.4, -0.2) is 15.4 Å². The minimum Gasteiger partial charge on any atom is -0.358 e. The number of hydrogen-bond acceptors (Lipinski definition) is 4. The van der Waals surface area contributed by atoms with Crippen LogP contribution in [0.25, 0.3) is 0 Å². The van der Waals surface area contributed by atoms with Crippen LogP contribution < -0.4 is 5.32 Å². The van der Waals surface area contributed by atoms with Crippen LogP contribution >= 0.6 is 11.5 Å². The molecule has 3 nitrogen and oxygen atoms in total. The average molecular weight is 227 g/mol. The first-order chi connectivity index (χ1) is 7.17. The van der Waals surface area contributed by atoms with Crippen molar-refractivity contribution in [3.8, 4) is 0 Å². The Kier molecular flexibility index (Phi) is 5.02. The number of nitrogens with zero attached hydrogens (tertiary/aromatic N) is 2. The first kappa shape index (κ1) is 12.4. The van der Waals surface area contributed by atoms with E-state index >= 15 is 0 Å². The van der Waals surface area contributed by atoms with Gasteiger partial charge in [0.15, 0.2) is 0 Å². The second kappa shape index (κ2) is 6.05. The van der Waals surface area contributed by atoms with Crippen molar-refractivity contribution < 1.29 is 0 Å². The molecular weight excluding hydrogens is 206 g/mol. The maximum absolute atomic E-state index is 4.45. The van der Waals surface area contributed by atoms with Crippen LogP contribution in [0.5, 0.6) is 0 Å². The number of rotatable bonds is 6. The van der Waals surface area contributed by atoms with Crippen molar-refractivity contribution in [3.63, 3.8) is 0 Å². The van der Waals surface area contributed by atoms with E-state index in [1.54, 1.807) is 0 Å². The van der Waals surface area contributed by atoms with Crippen molar-refractivity contribution in [2.24, 2.45) is 5.92 Å². The molecule has 0 saturated carbocycles. The Morgan fingerprint density at radius 3 is 2.67 bits per heavy atom. The number of nitrogens with one attached hydrogen (secondary N) is 1. The minimum absolute atomic E-state index is 0.470. The SMILES string of the molecule is CCCc1nsc(NC(C)C(C)CC)n1. The van der Waals surface area contributed by atoms with Gasteiger partial charge in [0, 0.05) is 24.0 Å². The Balaban J connectivity index is 2.49. The molecule has 2 atom stereocenters. The molecule has 1 heterocycles. The summed E-state index contributed by atoms with van der Waals surface area (Å²) in [5, 5.41) is 4.38. The zero-order chi connectivity index (χ0) is 11.3. The van der Waals surface area contributed by atoms with Crippen LogP contribution in [0, 0.1) is 5.92 Å². The highest BCUT2D eigenvalue weighted by molar-refractivity contribution is 7.09. The highest BCUT2D eigenvalue weighted by Crippen LogP contribution is 2.17.